The first-order valence-electron chi connectivity index (χ1n) is 10.3. The van der Waals surface area contributed by atoms with Gasteiger partial charge in [-0.05, 0) is 37.1 Å². The van der Waals surface area contributed by atoms with Gasteiger partial charge in [-0.25, -0.2) is 28.7 Å². The minimum Gasteiger partial charge on any atom is -0.446 e. The Balaban J connectivity index is 1.71. The summed E-state index contributed by atoms with van der Waals surface area (Å²) in [6.45, 7) is 3.66. The Labute approximate surface area is 188 Å². The molecule has 1 amide bonds. The van der Waals surface area contributed by atoms with Crippen LogP contribution < -0.4 is 16.8 Å². The Morgan fingerprint density at radius 1 is 1.15 bits per heavy atom. The number of hydrogen-bond acceptors (Lipinski definition) is 8. The van der Waals surface area contributed by atoms with Crippen molar-refractivity contribution in [3.05, 3.63) is 59.8 Å². The fourth-order valence-electron chi connectivity index (χ4n) is 3.21. The highest BCUT2D eigenvalue weighted by Crippen LogP contribution is 2.29. The van der Waals surface area contributed by atoms with E-state index in [-0.39, 0.29) is 41.5 Å². The minimum atomic E-state index is -0.706. The molecule has 1 atom stereocenters. The topological polar surface area (TPSA) is 146 Å². The zero-order valence-electron chi connectivity index (χ0n) is 18.1. The highest BCUT2D eigenvalue weighted by molar-refractivity contribution is 5.93. The van der Waals surface area contributed by atoms with Crippen molar-refractivity contribution in [1.29, 1.82) is 0 Å². The maximum atomic E-state index is 14.2. The average molecular weight is 450 g/mol. The van der Waals surface area contributed by atoms with Gasteiger partial charge < -0.3 is 16.2 Å². The van der Waals surface area contributed by atoms with Crippen LogP contribution >= 0.6 is 0 Å². The van der Waals surface area contributed by atoms with Gasteiger partial charge in [0.2, 0.25) is 0 Å². The number of rotatable bonds is 6. The Morgan fingerprint density at radius 2 is 1.88 bits per heavy atom. The predicted octanol–water partition coefficient (Wildman–Crippen LogP) is 3.43. The standard InChI is InChI=1S/C22H23FN8O2/c1-3-12(2)33-22(32)28-18-19(24)29-21(30-20(18)25)17-15-9-6-10-26-31(15)16(27-17)11-13-7-4-5-8-14(13)23/h4-10,12H,3,11H2,1-2H3,(H,28,32)(H4,24,25,29,30). The first-order valence-corrected chi connectivity index (χ1v) is 10.3. The molecule has 33 heavy (non-hydrogen) atoms. The summed E-state index contributed by atoms with van der Waals surface area (Å²) in [5.41, 5.74) is 13.6. The molecule has 170 valence electrons. The number of nitrogens with zero attached hydrogens (tertiary/aromatic N) is 5. The highest BCUT2D eigenvalue weighted by Gasteiger charge is 2.21. The van der Waals surface area contributed by atoms with Gasteiger partial charge in [-0.2, -0.15) is 5.10 Å². The molecular formula is C22H23FN8O2. The van der Waals surface area contributed by atoms with Crippen LogP contribution in [0.25, 0.3) is 17.0 Å². The van der Waals surface area contributed by atoms with E-state index in [0.29, 0.717) is 29.0 Å². The van der Waals surface area contributed by atoms with E-state index in [0.717, 1.165) is 0 Å². The number of nitrogens with two attached hydrogens (primary N) is 2. The highest BCUT2D eigenvalue weighted by atomic mass is 19.1. The third-order valence-corrected chi connectivity index (χ3v) is 5.07. The summed E-state index contributed by atoms with van der Waals surface area (Å²) in [4.78, 5) is 25.2. The average Bonchev–Trinajstić information content (AvgIpc) is 3.16. The van der Waals surface area contributed by atoms with Crippen molar-refractivity contribution in [2.45, 2.75) is 32.8 Å². The molecule has 0 aliphatic heterocycles. The lowest BCUT2D eigenvalue weighted by Crippen LogP contribution is -2.21. The fourth-order valence-corrected chi connectivity index (χ4v) is 3.21. The molecule has 0 radical (unpaired) electrons. The summed E-state index contributed by atoms with van der Waals surface area (Å²) in [5.74, 6) is 0.219. The number of fused-ring (bicyclic) bond motifs is 1. The van der Waals surface area contributed by atoms with Crippen LogP contribution in [0.1, 0.15) is 31.7 Å². The number of nitrogens with one attached hydrogen (secondary N) is 1. The Morgan fingerprint density at radius 3 is 2.58 bits per heavy atom. The van der Waals surface area contributed by atoms with Gasteiger partial charge in [-0.15, -0.1) is 0 Å². The van der Waals surface area contributed by atoms with E-state index in [1.807, 2.05) is 6.92 Å². The van der Waals surface area contributed by atoms with Gasteiger partial charge in [-0.1, -0.05) is 25.1 Å². The first-order chi connectivity index (χ1) is 15.9. The number of hydrogen-bond donors (Lipinski definition) is 3. The number of aromatic nitrogens is 5. The predicted molar refractivity (Wildman–Crippen MR) is 122 cm³/mol. The third kappa shape index (κ3) is 4.52. The SMILES string of the molecule is CCC(C)OC(=O)Nc1c(N)nc(-c2nc(Cc3ccccc3F)n3ncccc23)nc1N. The second kappa shape index (κ2) is 9.07. The number of anilines is 3. The first kappa shape index (κ1) is 21.9. The maximum Gasteiger partial charge on any atom is 0.412 e. The zero-order valence-corrected chi connectivity index (χ0v) is 18.1. The quantitative estimate of drug-likeness (QED) is 0.405. The van der Waals surface area contributed by atoms with E-state index in [4.69, 9.17) is 16.2 Å². The number of ether oxygens (including phenoxy) is 1. The van der Waals surface area contributed by atoms with E-state index in [2.05, 4.69) is 25.4 Å². The van der Waals surface area contributed by atoms with Gasteiger partial charge >= 0.3 is 6.09 Å². The molecule has 0 saturated carbocycles. The smallest absolute Gasteiger partial charge is 0.412 e. The van der Waals surface area contributed by atoms with Crippen molar-refractivity contribution in [3.63, 3.8) is 0 Å². The lowest BCUT2D eigenvalue weighted by atomic mass is 10.1. The van der Waals surface area contributed by atoms with Gasteiger partial charge in [0.1, 0.15) is 29.1 Å². The molecule has 10 nitrogen and oxygen atoms in total. The van der Waals surface area contributed by atoms with Crippen LogP contribution in [-0.4, -0.2) is 36.8 Å². The number of benzene rings is 1. The van der Waals surface area contributed by atoms with Crippen molar-refractivity contribution in [2.75, 3.05) is 16.8 Å². The van der Waals surface area contributed by atoms with Crippen molar-refractivity contribution in [3.8, 4) is 11.5 Å². The summed E-state index contributed by atoms with van der Waals surface area (Å²) in [7, 11) is 0. The second-order valence-corrected chi connectivity index (χ2v) is 7.41. The van der Waals surface area contributed by atoms with Gasteiger partial charge in [0.05, 0.1) is 5.52 Å². The molecule has 3 heterocycles. The van der Waals surface area contributed by atoms with Crippen LogP contribution in [-0.2, 0) is 11.2 Å². The molecule has 0 fully saturated rings. The molecule has 0 spiro atoms. The summed E-state index contributed by atoms with van der Waals surface area (Å²) < 4.78 is 21.0. The van der Waals surface area contributed by atoms with Crippen molar-refractivity contribution >= 4 is 28.9 Å². The second-order valence-electron chi connectivity index (χ2n) is 7.41. The Bertz CT molecular complexity index is 1300. The number of carbonyl (C=O) groups excluding carboxylic acids is 1. The molecule has 4 aromatic rings. The third-order valence-electron chi connectivity index (χ3n) is 5.07. The molecule has 0 bridgehead atoms. The van der Waals surface area contributed by atoms with Gasteiger partial charge in [0.15, 0.2) is 17.5 Å². The van der Waals surface area contributed by atoms with Crippen LogP contribution in [0, 0.1) is 5.82 Å². The fraction of sp³-hybridized carbons (Fsp3) is 0.227. The monoisotopic (exact) mass is 450 g/mol. The molecule has 3 aromatic heterocycles. The van der Waals surface area contributed by atoms with Crippen molar-refractivity contribution < 1.29 is 13.9 Å². The molecule has 1 unspecified atom stereocenters. The van der Waals surface area contributed by atoms with Crippen LogP contribution in [0.3, 0.4) is 0 Å². The largest absolute Gasteiger partial charge is 0.446 e. The summed E-state index contributed by atoms with van der Waals surface area (Å²) in [6, 6.07) is 9.98. The van der Waals surface area contributed by atoms with E-state index in [9.17, 15) is 9.18 Å². The van der Waals surface area contributed by atoms with Crippen LogP contribution in [0.15, 0.2) is 42.6 Å². The number of halogens is 1. The molecule has 1 aromatic carbocycles. The van der Waals surface area contributed by atoms with Crippen LogP contribution in [0.5, 0.6) is 0 Å². The molecule has 5 N–H and O–H groups in total. The Hall–Kier alpha value is -4.28. The van der Waals surface area contributed by atoms with E-state index < -0.39 is 6.09 Å². The lowest BCUT2D eigenvalue weighted by Gasteiger charge is -2.14. The number of nitrogen functional groups attached to an aromatic ring is 2. The zero-order chi connectivity index (χ0) is 23.5. The van der Waals surface area contributed by atoms with Gasteiger partial charge in [0, 0.05) is 12.6 Å². The summed E-state index contributed by atoms with van der Waals surface area (Å²) >= 11 is 0. The van der Waals surface area contributed by atoms with Gasteiger partial charge in [0.25, 0.3) is 0 Å². The molecular weight excluding hydrogens is 427 g/mol. The van der Waals surface area contributed by atoms with Crippen molar-refractivity contribution in [1.82, 2.24) is 24.6 Å². The van der Waals surface area contributed by atoms with E-state index >= 15 is 0 Å². The number of amides is 1. The van der Waals surface area contributed by atoms with E-state index in [1.165, 1.54) is 6.07 Å². The molecule has 0 aliphatic rings. The number of carbonyl (C=O) groups is 1. The van der Waals surface area contributed by atoms with Crippen LogP contribution in [0.2, 0.25) is 0 Å². The molecule has 4 rings (SSSR count). The molecule has 11 heteroatoms. The molecule has 0 aliphatic carbocycles. The molecule has 0 saturated heterocycles. The lowest BCUT2D eigenvalue weighted by molar-refractivity contribution is 0.118. The van der Waals surface area contributed by atoms with Crippen molar-refractivity contribution in [2.24, 2.45) is 0 Å². The van der Waals surface area contributed by atoms with Gasteiger partial charge in [-0.3, -0.25) is 5.32 Å². The summed E-state index contributed by atoms with van der Waals surface area (Å²) in [6.07, 6.45) is 1.48. The normalized spacial score (nSPS) is 12.0. The minimum absolute atomic E-state index is 0.0423. The summed E-state index contributed by atoms with van der Waals surface area (Å²) in [5, 5.41) is 6.82. The maximum absolute atomic E-state index is 14.2. The Kier molecular flexibility index (Phi) is 6.03. The number of imidazole rings is 1. The van der Waals surface area contributed by atoms with Crippen LogP contribution in [0.4, 0.5) is 26.5 Å². The van der Waals surface area contributed by atoms with E-state index in [1.54, 1.807) is 48.0 Å².